The molecule has 0 bridgehead atoms. The van der Waals surface area contributed by atoms with Crippen LogP contribution in [0.25, 0.3) is 0 Å². The number of ether oxygens (including phenoxy) is 1. The van der Waals surface area contributed by atoms with E-state index in [0.29, 0.717) is 6.61 Å². The standard InChI is InChI=1S/C20H32BrNO3Si/c1-19(2,3)25-18(23)22-14(13-24-26(7,8)20(4,5)6)12-15-16(21)10-9-11-17(15)22/h9-11,14H,12-13H2,1-8H3/t14-/m0/s1. The van der Waals surface area contributed by atoms with Crippen LogP contribution < -0.4 is 4.90 Å². The molecule has 1 aliphatic rings. The highest BCUT2D eigenvalue weighted by molar-refractivity contribution is 9.10. The van der Waals surface area contributed by atoms with Crippen LogP contribution in [0.15, 0.2) is 22.7 Å². The number of carbonyl (C=O) groups excluding carboxylic acids is 1. The van der Waals surface area contributed by atoms with Crippen LogP contribution in [0, 0.1) is 0 Å². The molecule has 1 aromatic carbocycles. The van der Waals surface area contributed by atoms with Gasteiger partial charge in [0.05, 0.1) is 18.3 Å². The van der Waals surface area contributed by atoms with E-state index in [1.165, 1.54) is 0 Å². The van der Waals surface area contributed by atoms with Crippen molar-refractivity contribution in [2.24, 2.45) is 0 Å². The number of carbonyl (C=O) groups is 1. The van der Waals surface area contributed by atoms with Gasteiger partial charge in [0.2, 0.25) is 0 Å². The summed E-state index contributed by atoms with van der Waals surface area (Å²) < 4.78 is 13.1. The van der Waals surface area contributed by atoms with Crippen LogP contribution in [0.4, 0.5) is 10.5 Å². The summed E-state index contributed by atoms with van der Waals surface area (Å²) in [4.78, 5) is 14.7. The number of hydrogen-bond acceptors (Lipinski definition) is 3. The van der Waals surface area contributed by atoms with Crippen LogP contribution in [0.3, 0.4) is 0 Å². The van der Waals surface area contributed by atoms with E-state index in [1.807, 2.05) is 39.0 Å². The molecule has 4 nitrogen and oxygen atoms in total. The Morgan fingerprint density at radius 2 is 1.85 bits per heavy atom. The van der Waals surface area contributed by atoms with Crippen molar-refractivity contribution < 1.29 is 14.0 Å². The second-order valence-corrected chi connectivity index (χ2v) is 15.2. The molecule has 0 aromatic heterocycles. The van der Waals surface area contributed by atoms with Gasteiger partial charge in [-0.05, 0) is 63.0 Å². The third-order valence-corrected chi connectivity index (χ3v) is 10.4. The second kappa shape index (κ2) is 7.28. The molecular formula is C20H32BrNO3Si. The van der Waals surface area contributed by atoms with Crippen LogP contribution >= 0.6 is 15.9 Å². The zero-order chi connectivity index (χ0) is 19.9. The highest BCUT2D eigenvalue weighted by atomic mass is 79.9. The molecule has 0 spiro atoms. The Morgan fingerprint density at radius 3 is 2.38 bits per heavy atom. The molecular weight excluding hydrogens is 410 g/mol. The van der Waals surface area contributed by atoms with Crippen LogP contribution in [0.2, 0.25) is 18.1 Å². The summed E-state index contributed by atoms with van der Waals surface area (Å²) in [6.07, 6.45) is 0.461. The number of anilines is 1. The van der Waals surface area contributed by atoms with Crippen LogP contribution in [-0.2, 0) is 15.6 Å². The Bertz CT molecular complexity index is 677. The van der Waals surface area contributed by atoms with Crippen molar-refractivity contribution in [3.8, 4) is 0 Å². The van der Waals surface area contributed by atoms with Gasteiger partial charge in [0.1, 0.15) is 5.60 Å². The molecule has 1 atom stereocenters. The Kier molecular flexibility index (Phi) is 6.01. The maximum absolute atomic E-state index is 12.9. The monoisotopic (exact) mass is 441 g/mol. The molecule has 1 heterocycles. The number of amides is 1. The minimum absolute atomic E-state index is 0.0484. The Labute approximate surface area is 167 Å². The van der Waals surface area contributed by atoms with Gasteiger partial charge in [-0.15, -0.1) is 0 Å². The van der Waals surface area contributed by atoms with Crippen molar-refractivity contribution >= 4 is 36.0 Å². The maximum atomic E-state index is 12.9. The first-order valence-corrected chi connectivity index (χ1v) is 12.9. The largest absolute Gasteiger partial charge is 0.443 e. The molecule has 0 N–H and O–H groups in total. The summed E-state index contributed by atoms with van der Waals surface area (Å²) in [6, 6.07) is 5.91. The van der Waals surface area contributed by atoms with Crippen molar-refractivity contribution in [1.29, 1.82) is 0 Å². The molecule has 1 aliphatic heterocycles. The third-order valence-electron chi connectivity index (χ3n) is 5.19. The number of halogens is 1. The fourth-order valence-electron chi connectivity index (χ4n) is 2.71. The fourth-order valence-corrected chi connectivity index (χ4v) is 4.27. The number of hydrogen-bond donors (Lipinski definition) is 0. The molecule has 1 amide bonds. The Hall–Kier alpha value is -0.853. The lowest BCUT2D eigenvalue weighted by atomic mass is 10.1. The zero-order valence-electron chi connectivity index (χ0n) is 17.3. The van der Waals surface area contributed by atoms with Gasteiger partial charge in [-0.1, -0.05) is 42.8 Å². The number of benzene rings is 1. The quantitative estimate of drug-likeness (QED) is 0.528. The van der Waals surface area contributed by atoms with Gasteiger partial charge in [0, 0.05) is 4.47 Å². The van der Waals surface area contributed by atoms with Gasteiger partial charge >= 0.3 is 6.09 Å². The van der Waals surface area contributed by atoms with Gasteiger partial charge < -0.3 is 9.16 Å². The number of nitrogens with zero attached hydrogens (tertiary/aromatic N) is 1. The normalized spacial score (nSPS) is 18.0. The summed E-state index contributed by atoms with van der Waals surface area (Å²) in [7, 11) is -1.89. The summed E-state index contributed by atoms with van der Waals surface area (Å²) in [5.41, 5.74) is 1.52. The van der Waals surface area contributed by atoms with E-state index < -0.39 is 13.9 Å². The molecule has 0 unspecified atom stereocenters. The van der Waals surface area contributed by atoms with E-state index >= 15 is 0 Å². The molecule has 0 fully saturated rings. The fraction of sp³-hybridized carbons (Fsp3) is 0.650. The molecule has 2 rings (SSSR count). The predicted octanol–water partition coefficient (Wildman–Crippen LogP) is 6.14. The highest BCUT2D eigenvalue weighted by Gasteiger charge is 2.41. The summed E-state index contributed by atoms with van der Waals surface area (Å²) in [5.74, 6) is 0. The molecule has 0 radical (unpaired) electrons. The lowest BCUT2D eigenvalue weighted by Crippen LogP contribution is -2.48. The van der Waals surface area contributed by atoms with Crippen molar-refractivity contribution in [2.45, 2.75) is 77.7 Å². The van der Waals surface area contributed by atoms with Gasteiger partial charge in [-0.25, -0.2) is 4.79 Å². The minimum atomic E-state index is -1.89. The molecule has 1 aromatic rings. The van der Waals surface area contributed by atoms with Crippen molar-refractivity contribution in [1.82, 2.24) is 0 Å². The first-order chi connectivity index (χ1) is 11.7. The second-order valence-electron chi connectivity index (χ2n) is 9.52. The Morgan fingerprint density at radius 1 is 1.23 bits per heavy atom. The minimum Gasteiger partial charge on any atom is -0.443 e. The van der Waals surface area contributed by atoms with Gasteiger partial charge in [-0.3, -0.25) is 4.90 Å². The van der Waals surface area contributed by atoms with Gasteiger partial charge in [0.25, 0.3) is 0 Å². The Balaban J connectivity index is 2.27. The molecule has 0 saturated carbocycles. The van der Waals surface area contributed by atoms with E-state index in [4.69, 9.17) is 9.16 Å². The lowest BCUT2D eigenvalue weighted by Gasteiger charge is -2.38. The number of fused-ring (bicyclic) bond motifs is 1. The zero-order valence-corrected chi connectivity index (χ0v) is 19.9. The third kappa shape index (κ3) is 4.70. The SMILES string of the molecule is CC(C)(C)OC(=O)N1c2cccc(Br)c2C[C@H]1CO[Si](C)(C)C(C)(C)C. The van der Waals surface area contributed by atoms with Crippen molar-refractivity contribution in [3.05, 3.63) is 28.2 Å². The molecule has 146 valence electrons. The summed E-state index contributed by atoms with van der Waals surface area (Å²) in [5, 5.41) is 0.135. The smallest absolute Gasteiger partial charge is 0.415 e. The van der Waals surface area contributed by atoms with Crippen LogP contribution in [0.1, 0.15) is 47.1 Å². The average Bonchev–Trinajstić information content (AvgIpc) is 2.82. The molecule has 26 heavy (non-hydrogen) atoms. The summed E-state index contributed by atoms with van der Waals surface area (Å²) in [6.45, 7) is 17.4. The predicted molar refractivity (Wildman–Crippen MR) is 113 cm³/mol. The first kappa shape index (κ1) is 21.4. The topological polar surface area (TPSA) is 38.8 Å². The van der Waals surface area contributed by atoms with E-state index in [-0.39, 0.29) is 17.2 Å². The lowest BCUT2D eigenvalue weighted by molar-refractivity contribution is 0.0558. The molecule has 0 saturated heterocycles. The van der Waals surface area contributed by atoms with E-state index in [1.54, 1.807) is 4.90 Å². The summed E-state index contributed by atoms with van der Waals surface area (Å²) >= 11 is 3.62. The van der Waals surface area contributed by atoms with Crippen LogP contribution in [-0.4, -0.2) is 32.7 Å². The molecule has 6 heteroatoms. The van der Waals surface area contributed by atoms with Crippen molar-refractivity contribution in [3.63, 3.8) is 0 Å². The van der Waals surface area contributed by atoms with E-state index in [2.05, 4.69) is 49.8 Å². The number of rotatable bonds is 3. The van der Waals surface area contributed by atoms with Crippen molar-refractivity contribution in [2.75, 3.05) is 11.5 Å². The van der Waals surface area contributed by atoms with Gasteiger partial charge in [-0.2, -0.15) is 0 Å². The van der Waals surface area contributed by atoms with Gasteiger partial charge in [0.15, 0.2) is 8.32 Å². The van der Waals surface area contributed by atoms with E-state index in [9.17, 15) is 4.79 Å². The molecule has 0 aliphatic carbocycles. The average molecular weight is 442 g/mol. The first-order valence-electron chi connectivity index (χ1n) is 9.16. The highest BCUT2D eigenvalue weighted by Crippen LogP contribution is 2.40. The van der Waals surface area contributed by atoms with Crippen LogP contribution in [0.5, 0.6) is 0 Å². The maximum Gasteiger partial charge on any atom is 0.415 e. The van der Waals surface area contributed by atoms with E-state index in [0.717, 1.165) is 22.1 Å².